The largest absolute Gasteiger partial charge is 0.476 e. The van der Waals surface area contributed by atoms with Gasteiger partial charge in [0.15, 0.2) is 5.69 Å². The predicted octanol–water partition coefficient (Wildman–Crippen LogP) is 0.710. The molecule has 1 atom stereocenters. The van der Waals surface area contributed by atoms with E-state index in [1.807, 2.05) is 6.92 Å². The van der Waals surface area contributed by atoms with E-state index in [2.05, 4.69) is 34.8 Å². The van der Waals surface area contributed by atoms with Gasteiger partial charge < -0.3 is 15.7 Å². The first kappa shape index (κ1) is 15.9. The van der Waals surface area contributed by atoms with Crippen LogP contribution in [0.1, 0.15) is 37.7 Å². The number of rotatable bonds is 7. The second kappa shape index (κ2) is 7.46. The molecule has 1 rings (SSSR count). The van der Waals surface area contributed by atoms with Gasteiger partial charge in [0.2, 0.25) is 0 Å². The molecule has 0 fully saturated rings. The number of amides is 2. The van der Waals surface area contributed by atoms with Gasteiger partial charge in [-0.2, -0.15) is 0 Å². The summed E-state index contributed by atoms with van der Waals surface area (Å²) in [5.41, 5.74) is -0.111. The number of aromatic nitrogens is 3. The highest BCUT2D eigenvalue weighted by molar-refractivity contribution is 5.84. The minimum atomic E-state index is -1.12. The maximum atomic E-state index is 11.7. The standard InChI is InChI=1S/C12H21N5O3/c1-4-9(8(2)3)14-12(20)13-5-6-17-7-10(11(18)19)15-16-17/h7-9H,4-6H2,1-3H3,(H,18,19)(H2,13,14,20). The number of nitrogens with zero attached hydrogens (tertiary/aromatic N) is 3. The highest BCUT2D eigenvalue weighted by Gasteiger charge is 2.13. The maximum Gasteiger partial charge on any atom is 0.358 e. The number of carbonyl (C=O) groups excluding carboxylic acids is 1. The molecule has 1 heterocycles. The zero-order chi connectivity index (χ0) is 15.1. The molecule has 112 valence electrons. The summed E-state index contributed by atoms with van der Waals surface area (Å²) in [5, 5.41) is 21.4. The lowest BCUT2D eigenvalue weighted by Gasteiger charge is -2.20. The van der Waals surface area contributed by atoms with Gasteiger partial charge in [0.25, 0.3) is 0 Å². The Balaban J connectivity index is 2.32. The van der Waals surface area contributed by atoms with Crippen molar-refractivity contribution in [3.63, 3.8) is 0 Å². The average molecular weight is 283 g/mol. The van der Waals surface area contributed by atoms with Crippen LogP contribution in [0.25, 0.3) is 0 Å². The monoisotopic (exact) mass is 283 g/mol. The Kier molecular flexibility index (Phi) is 5.95. The normalized spacial score (nSPS) is 12.2. The van der Waals surface area contributed by atoms with Gasteiger partial charge in [-0.25, -0.2) is 14.3 Å². The summed E-state index contributed by atoms with van der Waals surface area (Å²) in [4.78, 5) is 22.3. The molecular formula is C12H21N5O3. The molecule has 0 aliphatic heterocycles. The van der Waals surface area contributed by atoms with Gasteiger partial charge in [-0.3, -0.25) is 0 Å². The molecule has 1 unspecified atom stereocenters. The number of carbonyl (C=O) groups is 2. The Labute approximate surface area is 117 Å². The van der Waals surface area contributed by atoms with Crippen LogP contribution in [0.15, 0.2) is 6.20 Å². The molecule has 0 saturated heterocycles. The molecule has 0 saturated carbocycles. The Bertz CT molecular complexity index is 458. The molecular weight excluding hydrogens is 262 g/mol. The third kappa shape index (κ3) is 4.87. The second-order valence-electron chi connectivity index (χ2n) is 4.83. The number of aromatic carboxylic acids is 1. The van der Waals surface area contributed by atoms with E-state index in [4.69, 9.17) is 5.11 Å². The van der Waals surface area contributed by atoms with Gasteiger partial charge in [-0.05, 0) is 12.3 Å². The summed E-state index contributed by atoms with van der Waals surface area (Å²) in [6.45, 7) is 6.84. The van der Waals surface area contributed by atoms with Gasteiger partial charge in [0.1, 0.15) is 0 Å². The number of carboxylic acids is 1. The van der Waals surface area contributed by atoms with Crippen molar-refractivity contribution in [1.82, 2.24) is 25.6 Å². The van der Waals surface area contributed by atoms with Crippen LogP contribution in [0.2, 0.25) is 0 Å². The van der Waals surface area contributed by atoms with Crippen LogP contribution in [-0.2, 0) is 6.54 Å². The molecule has 0 aliphatic rings. The maximum absolute atomic E-state index is 11.7. The topological polar surface area (TPSA) is 109 Å². The van der Waals surface area contributed by atoms with E-state index in [1.165, 1.54) is 10.9 Å². The van der Waals surface area contributed by atoms with Crippen LogP contribution in [0, 0.1) is 5.92 Å². The van der Waals surface area contributed by atoms with Crippen molar-refractivity contribution >= 4 is 12.0 Å². The van der Waals surface area contributed by atoms with Crippen molar-refractivity contribution in [3.05, 3.63) is 11.9 Å². The van der Waals surface area contributed by atoms with E-state index in [0.717, 1.165) is 6.42 Å². The molecule has 0 radical (unpaired) electrons. The number of hydrogen-bond donors (Lipinski definition) is 3. The van der Waals surface area contributed by atoms with Crippen LogP contribution in [0.5, 0.6) is 0 Å². The molecule has 0 spiro atoms. The smallest absolute Gasteiger partial charge is 0.358 e. The Morgan fingerprint density at radius 1 is 1.45 bits per heavy atom. The van der Waals surface area contributed by atoms with E-state index in [9.17, 15) is 9.59 Å². The molecule has 8 nitrogen and oxygen atoms in total. The SMILES string of the molecule is CCC(NC(=O)NCCn1cc(C(=O)O)nn1)C(C)C. The minimum absolute atomic E-state index is 0.111. The highest BCUT2D eigenvalue weighted by atomic mass is 16.4. The first-order chi connectivity index (χ1) is 9.43. The van der Waals surface area contributed by atoms with Crippen molar-refractivity contribution in [3.8, 4) is 0 Å². The van der Waals surface area contributed by atoms with Crippen LogP contribution < -0.4 is 10.6 Å². The van der Waals surface area contributed by atoms with E-state index in [0.29, 0.717) is 19.0 Å². The molecule has 0 bridgehead atoms. The van der Waals surface area contributed by atoms with Crippen LogP contribution in [0.3, 0.4) is 0 Å². The first-order valence-corrected chi connectivity index (χ1v) is 6.61. The van der Waals surface area contributed by atoms with E-state index in [-0.39, 0.29) is 17.8 Å². The summed E-state index contributed by atoms with van der Waals surface area (Å²) in [5.74, 6) is -0.746. The highest BCUT2D eigenvalue weighted by Crippen LogP contribution is 2.04. The van der Waals surface area contributed by atoms with Crippen molar-refractivity contribution in [1.29, 1.82) is 0 Å². The zero-order valence-electron chi connectivity index (χ0n) is 12.0. The fraction of sp³-hybridized carbons (Fsp3) is 0.667. The van der Waals surface area contributed by atoms with Crippen molar-refractivity contribution in [2.75, 3.05) is 6.54 Å². The Morgan fingerprint density at radius 2 is 2.15 bits per heavy atom. The number of carboxylic acid groups (broad SMARTS) is 1. The van der Waals surface area contributed by atoms with Gasteiger partial charge in [0, 0.05) is 12.6 Å². The fourth-order valence-corrected chi connectivity index (χ4v) is 1.75. The quantitative estimate of drug-likeness (QED) is 0.682. The molecule has 0 aliphatic carbocycles. The third-order valence-corrected chi connectivity index (χ3v) is 2.95. The number of urea groups is 1. The summed E-state index contributed by atoms with van der Waals surface area (Å²) < 4.78 is 1.38. The molecule has 0 aromatic carbocycles. The summed E-state index contributed by atoms with van der Waals surface area (Å²) in [7, 11) is 0. The van der Waals surface area contributed by atoms with Gasteiger partial charge >= 0.3 is 12.0 Å². The van der Waals surface area contributed by atoms with Gasteiger partial charge in [-0.15, -0.1) is 5.10 Å². The van der Waals surface area contributed by atoms with E-state index in [1.54, 1.807) is 0 Å². The lowest BCUT2D eigenvalue weighted by Crippen LogP contribution is -2.44. The molecule has 1 aromatic heterocycles. The minimum Gasteiger partial charge on any atom is -0.476 e. The Hall–Kier alpha value is -2.12. The lowest BCUT2D eigenvalue weighted by molar-refractivity contribution is 0.0690. The summed E-state index contributed by atoms with van der Waals surface area (Å²) >= 11 is 0. The Morgan fingerprint density at radius 3 is 2.65 bits per heavy atom. The summed E-state index contributed by atoms with van der Waals surface area (Å²) in [6, 6.07) is -0.0934. The molecule has 2 amide bonds. The third-order valence-electron chi connectivity index (χ3n) is 2.95. The molecule has 1 aromatic rings. The van der Waals surface area contributed by atoms with Gasteiger partial charge in [-0.1, -0.05) is 26.0 Å². The number of hydrogen-bond acceptors (Lipinski definition) is 4. The van der Waals surface area contributed by atoms with Crippen LogP contribution >= 0.6 is 0 Å². The van der Waals surface area contributed by atoms with Crippen LogP contribution in [-0.4, -0.2) is 44.7 Å². The van der Waals surface area contributed by atoms with Crippen molar-refractivity contribution < 1.29 is 14.7 Å². The second-order valence-corrected chi connectivity index (χ2v) is 4.83. The first-order valence-electron chi connectivity index (χ1n) is 6.61. The lowest BCUT2D eigenvalue weighted by atomic mass is 10.0. The number of nitrogens with one attached hydrogen (secondary N) is 2. The van der Waals surface area contributed by atoms with Crippen LogP contribution in [0.4, 0.5) is 4.79 Å². The van der Waals surface area contributed by atoms with E-state index >= 15 is 0 Å². The molecule has 8 heteroatoms. The van der Waals surface area contributed by atoms with E-state index < -0.39 is 5.97 Å². The predicted molar refractivity (Wildman–Crippen MR) is 72.4 cm³/mol. The average Bonchev–Trinajstić information content (AvgIpc) is 2.84. The van der Waals surface area contributed by atoms with Crippen molar-refractivity contribution in [2.45, 2.75) is 39.8 Å². The fourth-order valence-electron chi connectivity index (χ4n) is 1.75. The van der Waals surface area contributed by atoms with Gasteiger partial charge in [0.05, 0.1) is 12.7 Å². The van der Waals surface area contributed by atoms with Crippen molar-refractivity contribution in [2.24, 2.45) is 5.92 Å². The summed E-state index contributed by atoms with van der Waals surface area (Å²) in [6.07, 6.45) is 2.20. The molecule has 3 N–H and O–H groups in total. The zero-order valence-corrected chi connectivity index (χ0v) is 12.0. The molecule has 20 heavy (non-hydrogen) atoms.